The molecular formula is C14H13N3OS. The van der Waals surface area contributed by atoms with Crippen molar-refractivity contribution in [1.82, 2.24) is 5.43 Å². The first-order valence-electron chi connectivity index (χ1n) is 5.69. The van der Waals surface area contributed by atoms with Crippen LogP contribution in [0.2, 0.25) is 0 Å². The van der Waals surface area contributed by atoms with Crippen molar-refractivity contribution in [2.45, 2.75) is 0 Å². The Kier molecular flexibility index (Phi) is 4.47. The van der Waals surface area contributed by atoms with Crippen LogP contribution in [-0.2, 0) is 0 Å². The van der Waals surface area contributed by atoms with E-state index in [1.54, 1.807) is 18.2 Å². The Morgan fingerprint density at radius 3 is 2.47 bits per heavy atom. The van der Waals surface area contributed by atoms with Gasteiger partial charge in [-0.25, -0.2) is 0 Å². The lowest BCUT2D eigenvalue weighted by Crippen LogP contribution is -2.23. The zero-order valence-electron chi connectivity index (χ0n) is 10.1. The van der Waals surface area contributed by atoms with Crippen LogP contribution in [0.3, 0.4) is 0 Å². The predicted molar refractivity (Wildman–Crippen MR) is 81.5 cm³/mol. The molecule has 0 aliphatic carbocycles. The number of aromatic hydroxyl groups is 1. The number of anilines is 1. The van der Waals surface area contributed by atoms with Crippen LogP contribution in [-0.4, -0.2) is 16.4 Å². The molecule has 0 aliphatic rings. The minimum atomic E-state index is 0.176. The summed E-state index contributed by atoms with van der Waals surface area (Å²) in [4.78, 5) is 0. The van der Waals surface area contributed by atoms with Gasteiger partial charge in [-0.15, -0.1) is 0 Å². The Labute approximate surface area is 116 Å². The molecule has 0 heterocycles. The summed E-state index contributed by atoms with van der Waals surface area (Å²) >= 11 is 5.09. The molecule has 0 radical (unpaired) electrons. The summed E-state index contributed by atoms with van der Waals surface area (Å²) in [7, 11) is 0. The maximum Gasteiger partial charge on any atom is 0.191 e. The van der Waals surface area contributed by atoms with Crippen molar-refractivity contribution in [3.8, 4) is 5.75 Å². The van der Waals surface area contributed by atoms with Gasteiger partial charge in [0.25, 0.3) is 0 Å². The van der Waals surface area contributed by atoms with Crippen LogP contribution >= 0.6 is 12.2 Å². The molecule has 0 saturated heterocycles. The third kappa shape index (κ3) is 4.08. The van der Waals surface area contributed by atoms with Crippen molar-refractivity contribution >= 4 is 29.2 Å². The second-order valence-electron chi connectivity index (χ2n) is 3.75. The van der Waals surface area contributed by atoms with Crippen LogP contribution in [0.1, 0.15) is 5.56 Å². The normalized spacial score (nSPS) is 10.3. The number of phenols is 1. The number of para-hydroxylation sites is 2. The van der Waals surface area contributed by atoms with Crippen LogP contribution in [0.25, 0.3) is 0 Å². The monoisotopic (exact) mass is 271 g/mol. The molecule has 0 saturated carbocycles. The fraction of sp³-hybridized carbons (Fsp3) is 0. The fourth-order valence-corrected chi connectivity index (χ4v) is 1.61. The number of hydrogen-bond acceptors (Lipinski definition) is 3. The molecule has 0 spiro atoms. The number of nitrogens with zero attached hydrogens (tertiary/aromatic N) is 1. The summed E-state index contributed by atoms with van der Waals surface area (Å²) in [6.45, 7) is 0. The van der Waals surface area contributed by atoms with Gasteiger partial charge in [-0.05, 0) is 36.5 Å². The van der Waals surface area contributed by atoms with Crippen molar-refractivity contribution in [3.05, 3.63) is 60.2 Å². The third-order valence-corrected chi connectivity index (χ3v) is 2.53. The number of nitrogens with one attached hydrogen (secondary N) is 2. The number of hydrogen-bond donors (Lipinski definition) is 3. The molecule has 5 heteroatoms. The van der Waals surface area contributed by atoms with Crippen molar-refractivity contribution in [2.75, 3.05) is 5.32 Å². The van der Waals surface area contributed by atoms with E-state index in [1.165, 1.54) is 6.21 Å². The molecule has 2 aromatic rings. The van der Waals surface area contributed by atoms with Crippen LogP contribution in [0, 0.1) is 0 Å². The van der Waals surface area contributed by atoms with Crippen molar-refractivity contribution in [1.29, 1.82) is 0 Å². The minimum absolute atomic E-state index is 0.176. The van der Waals surface area contributed by atoms with E-state index in [9.17, 15) is 5.11 Å². The number of thiocarbonyl (C=S) groups is 1. The molecule has 0 fully saturated rings. The van der Waals surface area contributed by atoms with Gasteiger partial charge in [0.1, 0.15) is 5.75 Å². The second-order valence-corrected chi connectivity index (χ2v) is 4.16. The maximum atomic E-state index is 9.54. The Morgan fingerprint density at radius 1 is 1.05 bits per heavy atom. The fourth-order valence-electron chi connectivity index (χ4n) is 1.44. The summed E-state index contributed by atoms with van der Waals surface area (Å²) in [6.07, 6.45) is 1.51. The average Bonchev–Trinajstić information content (AvgIpc) is 2.42. The molecule has 96 valence electrons. The zero-order valence-corrected chi connectivity index (χ0v) is 10.9. The van der Waals surface area contributed by atoms with Gasteiger partial charge < -0.3 is 10.4 Å². The first-order chi connectivity index (χ1) is 9.25. The highest BCUT2D eigenvalue weighted by molar-refractivity contribution is 7.80. The highest BCUT2D eigenvalue weighted by Gasteiger charge is 1.96. The summed E-state index contributed by atoms with van der Waals surface area (Å²) in [5.74, 6) is 0.176. The van der Waals surface area contributed by atoms with Crippen LogP contribution in [0.15, 0.2) is 59.7 Å². The topological polar surface area (TPSA) is 56.7 Å². The van der Waals surface area contributed by atoms with E-state index in [2.05, 4.69) is 15.8 Å². The highest BCUT2D eigenvalue weighted by Crippen LogP contribution is 2.12. The number of hydrazone groups is 1. The van der Waals surface area contributed by atoms with Gasteiger partial charge in [0.2, 0.25) is 0 Å². The summed E-state index contributed by atoms with van der Waals surface area (Å²) in [5.41, 5.74) is 4.20. The molecular weight excluding hydrogens is 258 g/mol. The first kappa shape index (κ1) is 13.0. The average molecular weight is 271 g/mol. The SMILES string of the molecule is Oc1ccccc1C=NNC(=S)Nc1ccccc1. The van der Waals surface area contributed by atoms with Crippen molar-refractivity contribution in [2.24, 2.45) is 5.10 Å². The van der Waals surface area contributed by atoms with Crippen LogP contribution < -0.4 is 10.7 Å². The van der Waals surface area contributed by atoms with E-state index in [0.29, 0.717) is 10.7 Å². The smallest absolute Gasteiger partial charge is 0.191 e. The molecule has 19 heavy (non-hydrogen) atoms. The lowest BCUT2D eigenvalue weighted by atomic mass is 10.2. The van der Waals surface area contributed by atoms with Crippen LogP contribution in [0.5, 0.6) is 5.75 Å². The Hall–Kier alpha value is -2.40. The number of benzene rings is 2. The predicted octanol–water partition coefficient (Wildman–Crippen LogP) is 2.71. The molecule has 0 atom stereocenters. The molecule has 0 aliphatic heterocycles. The van der Waals surface area contributed by atoms with E-state index in [1.807, 2.05) is 36.4 Å². The molecule has 4 nitrogen and oxygen atoms in total. The minimum Gasteiger partial charge on any atom is -0.507 e. The molecule has 0 unspecified atom stereocenters. The van der Waals surface area contributed by atoms with Gasteiger partial charge in [-0.1, -0.05) is 30.3 Å². The Balaban J connectivity index is 1.89. The standard InChI is InChI=1S/C14H13N3OS/c18-13-9-5-4-6-11(13)10-15-17-14(19)16-12-7-2-1-3-8-12/h1-10,18H,(H2,16,17,19). The van der Waals surface area contributed by atoms with Gasteiger partial charge in [-0.2, -0.15) is 5.10 Å². The molecule has 3 N–H and O–H groups in total. The van der Waals surface area contributed by atoms with E-state index in [-0.39, 0.29) is 5.75 Å². The van der Waals surface area contributed by atoms with Crippen molar-refractivity contribution < 1.29 is 5.11 Å². The van der Waals surface area contributed by atoms with Crippen molar-refractivity contribution in [3.63, 3.8) is 0 Å². The van der Waals surface area contributed by atoms with E-state index < -0.39 is 0 Å². The lowest BCUT2D eigenvalue weighted by molar-refractivity contribution is 0.474. The van der Waals surface area contributed by atoms with Gasteiger partial charge in [-0.3, -0.25) is 5.43 Å². The Bertz CT molecular complexity index is 584. The molecule has 2 rings (SSSR count). The largest absolute Gasteiger partial charge is 0.507 e. The van der Waals surface area contributed by atoms with Gasteiger partial charge in [0.05, 0.1) is 6.21 Å². The molecule has 2 aromatic carbocycles. The van der Waals surface area contributed by atoms with Crippen LogP contribution in [0.4, 0.5) is 5.69 Å². The molecule has 0 aromatic heterocycles. The van der Waals surface area contributed by atoms with E-state index in [0.717, 1.165) is 5.69 Å². The summed E-state index contributed by atoms with van der Waals surface area (Å²) in [6, 6.07) is 16.5. The number of phenolic OH excluding ortho intramolecular Hbond substituents is 1. The van der Waals surface area contributed by atoms with Gasteiger partial charge >= 0.3 is 0 Å². The quantitative estimate of drug-likeness (QED) is 0.456. The Morgan fingerprint density at radius 2 is 1.74 bits per heavy atom. The third-order valence-electron chi connectivity index (χ3n) is 2.34. The van der Waals surface area contributed by atoms with E-state index >= 15 is 0 Å². The lowest BCUT2D eigenvalue weighted by Gasteiger charge is -2.06. The zero-order chi connectivity index (χ0) is 13.5. The van der Waals surface area contributed by atoms with E-state index in [4.69, 9.17) is 12.2 Å². The summed E-state index contributed by atoms with van der Waals surface area (Å²) < 4.78 is 0. The highest BCUT2D eigenvalue weighted by atomic mass is 32.1. The summed E-state index contributed by atoms with van der Waals surface area (Å²) in [5, 5.41) is 16.9. The molecule has 0 bridgehead atoms. The number of rotatable bonds is 3. The second kappa shape index (κ2) is 6.51. The van der Waals surface area contributed by atoms with Gasteiger partial charge in [0.15, 0.2) is 5.11 Å². The maximum absolute atomic E-state index is 9.54. The molecule has 0 amide bonds. The van der Waals surface area contributed by atoms with Gasteiger partial charge in [0, 0.05) is 11.3 Å². The first-order valence-corrected chi connectivity index (χ1v) is 6.09.